The summed E-state index contributed by atoms with van der Waals surface area (Å²) in [7, 11) is 1.98. The van der Waals surface area contributed by atoms with Crippen LogP contribution in [0.4, 0.5) is 0 Å². The van der Waals surface area contributed by atoms with Gasteiger partial charge in [0.15, 0.2) is 0 Å². The molecule has 0 aliphatic carbocycles. The zero-order valence-corrected chi connectivity index (χ0v) is 16.1. The van der Waals surface area contributed by atoms with Crippen LogP contribution in [-0.2, 0) is 14.3 Å². The van der Waals surface area contributed by atoms with Crippen LogP contribution < -0.4 is 5.32 Å². The van der Waals surface area contributed by atoms with Crippen LogP contribution in [-0.4, -0.2) is 86.1 Å². The van der Waals surface area contributed by atoms with Gasteiger partial charge in [-0.1, -0.05) is 0 Å². The fourth-order valence-corrected chi connectivity index (χ4v) is 3.86. The molecule has 2 rings (SSSR count). The molecule has 2 heterocycles. The number of hydrogen-bond donors (Lipinski definition) is 1. The van der Waals surface area contributed by atoms with Gasteiger partial charge in [-0.15, -0.1) is 24.2 Å². The molecule has 140 valence electrons. The molecule has 2 amide bonds. The van der Waals surface area contributed by atoms with E-state index in [0.29, 0.717) is 37.8 Å². The molecule has 0 bridgehead atoms. The lowest BCUT2D eigenvalue weighted by atomic mass is 9.93. The average molecular weight is 380 g/mol. The van der Waals surface area contributed by atoms with Gasteiger partial charge in [-0.2, -0.15) is 0 Å². The van der Waals surface area contributed by atoms with Gasteiger partial charge >= 0.3 is 0 Å². The molecule has 6 nitrogen and oxygen atoms in total. The highest BCUT2D eigenvalue weighted by Crippen LogP contribution is 2.20. The predicted molar refractivity (Wildman–Crippen MR) is 99.8 cm³/mol. The van der Waals surface area contributed by atoms with E-state index in [1.54, 1.807) is 0 Å². The number of nitrogens with zero attached hydrogens (tertiary/aromatic N) is 2. The Balaban J connectivity index is 0.00000288. The maximum Gasteiger partial charge on any atom is 0.232 e. The Morgan fingerprint density at radius 3 is 2.12 bits per heavy atom. The standard InChI is InChI=1S/C16H29N3O3S.ClH/c1-17-5-2-14-3-6-18(7-4-14)15(20)12-23-13-16(21)19-8-10-22-11-9-19;/h14,17H,2-13H2,1H3;1H. The lowest BCUT2D eigenvalue weighted by molar-refractivity contribution is -0.132. The number of thioether (sulfide) groups is 1. The van der Waals surface area contributed by atoms with Crippen LogP contribution in [0.2, 0.25) is 0 Å². The molecule has 0 spiro atoms. The fraction of sp³-hybridized carbons (Fsp3) is 0.875. The zero-order valence-electron chi connectivity index (χ0n) is 14.5. The smallest absolute Gasteiger partial charge is 0.232 e. The van der Waals surface area contributed by atoms with E-state index >= 15 is 0 Å². The first-order chi connectivity index (χ1) is 11.2. The first kappa shape index (κ1) is 21.5. The van der Waals surface area contributed by atoms with Crippen LogP contribution >= 0.6 is 24.2 Å². The monoisotopic (exact) mass is 379 g/mol. The van der Waals surface area contributed by atoms with Gasteiger partial charge in [-0.25, -0.2) is 0 Å². The molecule has 2 aliphatic rings. The largest absolute Gasteiger partial charge is 0.378 e. The van der Waals surface area contributed by atoms with E-state index < -0.39 is 0 Å². The van der Waals surface area contributed by atoms with E-state index in [9.17, 15) is 9.59 Å². The van der Waals surface area contributed by atoms with Crippen molar-refractivity contribution in [2.24, 2.45) is 5.92 Å². The fourth-order valence-electron chi connectivity index (χ4n) is 3.04. The van der Waals surface area contributed by atoms with Crippen molar-refractivity contribution >= 4 is 36.0 Å². The number of morpholine rings is 1. The Morgan fingerprint density at radius 2 is 1.58 bits per heavy atom. The molecule has 0 atom stereocenters. The van der Waals surface area contributed by atoms with Gasteiger partial charge in [-0.3, -0.25) is 9.59 Å². The molecular weight excluding hydrogens is 350 g/mol. The number of hydrogen-bond acceptors (Lipinski definition) is 5. The number of rotatable bonds is 7. The van der Waals surface area contributed by atoms with Crippen LogP contribution in [0, 0.1) is 5.92 Å². The molecule has 0 aromatic rings. The van der Waals surface area contributed by atoms with E-state index in [1.165, 1.54) is 18.2 Å². The highest BCUT2D eigenvalue weighted by Gasteiger charge is 2.23. The Morgan fingerprint density at radius 1 is 1.04 bits per heavy atom. The van der Waals surface area contributed by atoms with Crippen LogP contribution in [0.3, 0.4) is 0 Å². The minimum Gasteiger partial charge on any atom is -0.378 e. The highest BCUT2D eigenvalue weighted by molar-refractivity contribution is 8.00. The number of nitrogens with one attached hydrogen (secondary N) is 1. The summed E-state index contributed by atoms with van der Waals surface area (Å²) in [6, 6.07) is 0. The van der Waals surface area contributed by atoms with Gasteiger partial charge in [0.2, 0.25) is 11.8 Å². The lowest BCUT2D eigenvalue weighted by Crippen LogP contribution is -2.42. The van der Waals surface area contributed by atoms with E-state index in [2.05, 4.69) is 5.32 Å². The number of halogens is 1. The summed E-state index contributed by atoms with van der Waals surface area (Å²) in [6.45, 7) is 5.38. The molecule has 8 heteroatoms. The van der Waals surface area contributed by atoms with E-state index in [4.69, 9.17) is 4.74 Å². The molecule has 0 radical (unpaired) electrons. The van der Waals surface area contributed by atoms with Gasteiger partial charge in [0.25, 0.3) is 0 Å². The third kappa shape index (κ3) is 7.17. The third-order valence-corrected chi connectivity index (χ3v) is 5.49. The first-order valence-electron chi connectivity index (χ1n) is 8.56. The molecule has 0 aromatic heterocycles. The summed E-state index contributed by atoms with van der Waals surface area (Å²) < 4.78 is 5.24. The van der Waals surface area contributed by atoms with Gasteiger partial charge in [-0.05, 0) is 38.8 Å². The molecular formula is C16H30ClN3O3S. The molecule has 0 unspecified atom stereocenters. The van der Waals surface area contributed by atoms with Gasteiger partial charge < -0.3 is 19.9 Å². The maximum atomic E-state index is 12.2. The van der Waals surface area contributed by atoms with Crippen molar-refractivity contribution in [1.29, 1.82) is 0 Å². The number of amides is 2. The zero-order chi connectivity index (χ0) is 16.5. The minimum atomic E-state index is 0. The van der Waals surface area contributed by atoms with E-state index in [1.807, 2.05) is 16.8 Å². The van der Waals surface area contributed by atoms with Crippen LogP contribution in [0.1, 0.15) is 19.3 Å². The SMILES string of the molecule is CNCCC1CCN(C(=O)CSCC(=O)N2CCOCC2)CC1.Cl. The van der Waals surface area contributed by atoms with Crippen molar-refractivity contribution in [3.8, 4) is 0 Å². The molecule has 0 aromatic carbocycles. The lowest BCUT2D eigenvalue weighted by Gasteiger charge is -2.32. The number of carbonyl (C=O) groups is 2. The molecule has 2 saturated heterocycles. The summed E-state index contributed by atoms with van der Waals surface area (Å²) in [5.74, 6) is 1.84. The van der Waals surface area contributed by atoms with Crippen LogP contribution in [0.25, 0.3) is 0 Å². The quantitative estimate of drug-likeness (QED) is 0.710. The molecule has 2 aliphatic heterocycles. The minimum absolute atomic E-state index is 0. The Labute approximate surface area is 155 Å². The summed E-state index contributed by atoms with van der Waals surface area (Å²) >= 11 is 1.44. The highest BCUT2D eigenvalue weighted by atomic mass is 35.5. The second-order valence-electron chi connectivity index (χ2n) is 6.20. The van der Waals surface area contributed by atoms with Crippen molar-refractivity contribution in [2.45, 2.75) is 19.3 Å². The van der Waals surface area contributed by atoms with Crippen molar-refractivity contribution in [3.05, 3.63) is 0 Å². The summed E-state index contributed by atoms with van der Waals surface area (Å²) in [5.41, 5.74) is 0. The summed E-state index contributed by atoms with van der Waals surface area (Å²) in [5, 5.41) is 3.19. The predicted octanol–water partition coefficient (Wildman–Crippen LogP) is 0.848. The summed E-state index contributed by atoms with van der Waals surface area (Å²) in [4.78, 5) is 28.0. The van der Waals surface area contributed by atoms with E-state index in [0.717, 1.165) is 38.4 Å². The Hall–Kier alpha value is -0.500. The van der Waals surface area contributed by atoms with Crippen molar-refractivity contribution in [2.75, 3.05) is 64.5 Å². The second-order valence-corrected chi connectivity index (χ2v) is 7.19. The van der Waals surface area contributed by atoms with Crippen molar-refractivity contribution in [1.82, 2.24) is 15.1 Å². The number of ether oxygens (including phenoxy) is 1. The number of carbonyl (C=O) groups excluding carboxylic acids is 2. The summed E-state index contributed by atoms with van der Waals surface area (Å²) in [6.07, 6.45) is 3.40. The van der Waals surface area contributed by atoms with Crippen molar-refractivity contribution < 1.29 is 14.3 Å². The first-order valence-corrected chi connectivity index (χ1v) is 9.72. The molecule has 0 saturated carbocycles. The average Bonchev–Trinajstić information content (AvgIpc) is 2.61. The van der Waals surface area contributed by atoms with Gasteiger partial charge in [0.1, 0.15) is 0 Å². The van der Waals surface area contributed by atoms with Crippen molar-refractivity contribution in [3.63, 3.8) is 0 Å². The van der Waals surface area contributed by atoms with Gasteiger partial charge in [0, 0.05) is 26.2 Å². The Kier molecular flexibility index (Phi) is 10.7. The normalized spacial score (nSPS) is 19.0. The van der Waals surface area contributed by atoms with E-state index in [-0.39, 0.29) is 24.2 Å². The molecule has 1 N–H and O–H groups in total. The molecule has 24 heavy (non-hydrogen) atoms. The number of piperidine rings is 1. The number of likely N-dealkylation sites (tertiary alicyclic amines) is 1. The van der Waals surface area contributed by atoms with Crippen LogP contribution in [0.15, 0.2) is 0 Å². The van der Waals surface area contributed by atoms with Crippen LogP contribution in [0.5, 0.6) is 0 Å². The Bertz CT molecular complexity index is 387. The van der Waals surface area contributed by atoms with Gasteiger partial charge in [0.05, 0.1) is 24.7 Å². The second kappa shape index (κ2) is 12.0. The topological polar surface area (TPSA) is 61.9 Å². The molecule has 2 fully saturated rings. The maximum absolute atomic E-state index is 12.2. The third-order valence-electron chi connectivity index (χ3n) is 4.58.